The lowest BCUT2D eigenvalue weighted by Gasteiger charge is -2.45. The molecular weight excluding hydrogens is 512 g/mol. The van der Waals surface area contributed by atoms with Crippen LogP contribution in [0, 0.1) is 0 Å². The predicted molar refractivity (Wildman–Crippen MR) is 157 cm³/mol. The summed E-state index contributed by atoms with van der Waals surface area (Å²) in [6.45, 7) is 3.36. The van der Waals surface area contributed by atoms with Gasteiger partial charge >= 0.3 is 0 Å². The average Bonchev–Trinajstić information content (AvgIpc) is 2.92. The molecule has 9 heteroatoms. The molecule has 8 nitrogen and oxygen atoms in total. The molecule has 1 aliphatic heterocycles. The molecule has 39 heavy (non-hydrogen) atoms. The molecule has 206 valence electrons. The largest absolute Gasteiger partial charge is 0.370 e. The molecule has 1 heterocycles. The number of hydrogen-bond donors (Lipinski definition) is 3. The van der Waals surface area contributed by atoms with Crippen molar-refractivity contribution in [1.82, 2.24) is 9.80 Å². The minimum absolute atomic E-state index is 0.00789. The molecule has 0 radical (unpaired) electrons. The zero-order valence-electron chi connectivity index (χ0n) is 22.3. The van der Waals surface area contributed by atoms with Gasteiger partial charge in [-0.2, -0.15) is 0 Å². The summed E-state index contributed by atoms with van der Waals surface area (Å²) in [6.07, 6.45) is 2.11. The number of guanidine groups is 1. The number of nitrogens with zero attached hydrogens (tertiary/aromatic N) is 3. The van der Waals surface area contributed by atoms with Gasteiger partial charge < -0.3 is 27.0 Å². The summed E-state index contributed by atoms with van der Waals surface area (Å²) in [7, 11) is 0. The summed E-state index contributed by atoms with van der Waals surface area (Å²) in [6, 6.07) is 20.4. The smallest absolute Gasteiger partial charge is 0.245 e. The van der Waals surface area contributed by atoms with E-state index in [-0.39, 0.29) is 23.8 Å². The van der Waals surface area contributed by atoms with Crippen LogP contribution in [0.4, 0.5) is 0 Å². The first-order valence-electron chi connectivity index (χ1n) is 13.4. The lowest BCUT2D eigenvalue weighted by Crippen LogP contribution is -2.64. The Morgan fingerprint density at radius 3 is 2.46 bits per heavy atom. The van der Waals surface area contributed by atoms with Crippen molar-refractivity contribution in [1.29, 1.82) is 0 Å². The van der Waals surface area contributed by atoms with E-state index in [1.54, 1.807) is 17.0 Å². The van der Waals surface area contributed by atoms with E-state index in [4.69, 9.17) is 28.8 Å². The first kappa shape index (κ1) is 28.4. The molecule has 0 bridgehead atoms. The van der Waals surface area contributed by atoms with Crippen LogP contribution in [0.15, 0.2) is 71.7 Å². The van der Waals surface area contributed by atoms with E-state index < -0.39 is 12.1 Å². The van der Waals surface area contributed by atoms with Gasteiger partial charge in [0.2, 0.25) is 11.8 Å². The summed E-state index contributed by atoms with van der Waals surface area (Å²) in [5.74, 6) is -0.286. The second-order valence-electron chi connectivity index (χ2n) is 10.2. The van der Waals surface area contributed by atoms with Gasteiger partial charge in [0.25, 0.3) is 0 Å². The van der Waals surface area contributed by atoms with Crippen LogP contribution in [-0.4, -0.2) is 65.3 Å². The van der Waals surface area contributed by atoms with E-state index in [9.17, 15) is 9.59 Å². The quantitative estimate of drug-likeness (QED) is 0.203. The number of piperazine rings is 1. The third-order valence-corrected chi connectivity index (χ3v) is 7.54. The zero-order chi connectivity index (χ0) is 27.9. The molecule has 0 spiro atoms. The van der Waals surface area contributed by atoms with Crippen molar-refractivity contribution in [3.05, 3.63) is 82.9 Å². The van der Waals surface area contributed by atoms with Gasteiger partial charge in [-0.25, -0.2) is 0 Å². The number of rotatable bonds is 10. The first-order valence-corrected chi connectivity index (χ1v) is 13.7. The molecule has 0 unspecified atom stereocenters. The maximum absolute atomic E-state index is 13.8. The van der Waals surface area contributed by atoms with Crippen molar-refractivity contribution < 1.29 is 9.59 Å². The number of carbonyl (C=O) groups is 2. The van der Waals surface area contributed by atoms with Crippen molar-refractivity contribution >= 4 is 40.1 Å². The number of nitrogens with two attached hydrogens (primary N) is 3. The molecule has 3 aromatic carbocycles. The summed E-state index contributed by atoms with van der Waals surface area (Å²) in [4.78, 5) is 35.0. The van der Waals surface area contributed by atoms with Gasteiger partial charge in [-0.15, -0.1) is 0 Å². The number of carbonyl (C=O) groups excluding carboxylic acids is 2. The molecule has 0 aromatic heterocycles. The topological polar surface area (TPSA) is 131 Å². The lowest BCUT2D eigenvalue weighted by molar-refractivity contribution is -0.155. The SMILES string of the molecule is C[C@@H]1CN(C(=O)[C@H](N)Cc2ccc(Cl)cc2)[C@@H](CCCN=C(N)N)C(=O)N1CCc1ccc2ccccc2c1. The van der Waals surface area contributed by atoms with E-state index in [1.807, 2.05) is 36.1 Å². The van der Waals surface area contributed by atoms with E-state index in [0.29, 0.717) is 43.9 Å². The number of amides is 2. The third-order valence-electron chi connectivity index (χ3n) is 7.29. The highest BCUT2D eigenvalue weighted by Crippen LogP contribution is 2.23. The van der Waals surface area contributed by atoms with Gasteiger partial charge in [-0.05, 0) is 66.6 Å². The Morgan fingerprint density at radius 2 is 1.74 bits per heavy atom. The molecule has 3 aromatic rings. The van der Waals surface area contributed by atoms with Crippen LogP contribution >= 0.6 is 11.6 Å². The van der Waals surface area contributed by atoms with Crippen LogP contribution < -0.4 is 17.2 Å². The molecule has 2 amide bonds. The average molecular weight is 549 g/mol. The zero-order valence-corrected chi connectivity index (χ0v) is 23.1. The highest BCUT2D eigenvalue weighted by Gasteiger charge is 2.41. The molecule has 0 aliphatic carbocycles. The second-order valence-corrected chi connectivity index (χ2v) is 10.6. The van der Waals surface area contributed by atoms with Crippen LogP contribution in [0.5, 0.6) is 0 Å². The van der Waals surface area contributed by atoms with Gasteiger partial charge in [0.15, 0.2) is 5.96 Å². The van der Waals surface area contributed by atoms with Crippen molar-refractivity contribution in [2.75, 3.05) is 19.6 Å². The third kappa shape index (κ3) is 7.28. The number of hydrogen-bond acceptors (Lipinski definition) is 4. The number of aliphatic imine (C=N–C) groups is 1. The standard InChI is InChI=1S/C30H37ClN6O2/c1-20-19-37(28(38)26(32)18-21-9-12-25(31)13-10-21)27(7-4-15-35-30(33)34)29(39)36(20)16-14-22-8-11-23-5-2-3-6-24(23)17-22/h2-3,5-6,8-13,17,20,26-27H,4,7,14-16,18-19,32H2,1H3,(H4,33,34,35)/t20-,26-,27+/m1/s1. The number of fused-ring (bicyclic) bond motifs is 1. The van der Waals surface area contributed by atoms with Gasteiger partial charge in [-0.3, -0.25) is 14.6 Å². The van der Waals surface area contributed by atoms with Crippen LogP contribution in [0.3, 0.4) is 0 Å². The van der Waals surface area contributed by atoms with Crippen LogP contribution in [0.25, 0.3) is 10.8 Å². The predicted octanol–water partition coefficient (Wildman–Crippen LogP) is 3.09. The van der Waals surface area contributed by atoms with Crippen molar-refractivity contribution in [3.63, 3.8) is 0 Å². The Kier molecular flexibility index (Phi) is 9.43. The molecule has 1 fully saturated rings. The van der Waals surface area contributed by atoms with Gasteiger partial charge in [0.05, 0.1) is 6.04 Å². The van der Waals surface area contributed by atoms with Crippen molar-refractivity contribution in [2.24, 2.45) is 22.2 Å². The van der Waals surface area contributed by atoms with Crippen LogP contribution in [0.2, 0.25) is 5.02 Å². The summed E-state index contributed by atoms with van der Waals surface area (Å²) in [5, 5.41) is 2.99. The van der Waals surface area contributed by atoms with Crippen molar-refractivity contribution in [3.8, 4) is 0 Å². The monoisotopic (exact) mass is 548 g/mol. The van der Waals surface area contributed by atoms with Crippen LogP contribution in [-0.2, 0) is 22.4 Å². The molecular formula is C30H37ClN6O2. The number of benzene rings is 3. The van der Waals surface area contributed by atoms with E-state index >= 15 is 0 Å². The fraction of sp³-hybridized carbons (Fsp3) is 0.367. The minimum atomic E-state index is -0.768. The van der Waals surface area contributed by atoms with E-state index in [2.05, 4.69) is 35.3 Å². The molecule has 3 atom stereocenters. The maximum atomic E-state index is 13.8. The van der Waals surface area contributed by atoms with Gasteiger partial charge in [0.1, 0.15) is 6.04 Å². The van der Waals surface area contributed by atoms with Crippen molar-refractivity contribution in [2.45, 2.75) is 50.7 Å². The first-order chi connectivity index (χ1) is 18.7. The van der Waals surface area contributed by atoms with Gasteiger partial charge in [0, 0.05) is 30.7 Å². The lowest BCUT2D eigenvalue weighted by atomic mass is 9.98. The fourth-order valence-electron chi connectivity index (χ4n) is 5.22. The molecule has 6 N–H and O–H groups in total. The fourth-order valence-corrected chi connectivity index (χ4v) is 5.34. The Bertz CT molecular complexity index is 1320. The Hall–Kier alpha value is -3.62. The molecule has 1 aliphatic rings. The Labute approximate surface area is 234 Å². The highest BCUT2D eigenvalue weighted by molar-refractivity contribution is 6.30. The Balaban J connectivity index is 1.48. The molecule has 0 saturated carbocycles. The highest BCUT2D eigenvalue weighted by atomic mass is 35.5. The molecule has 1 saturated heterocycles. The van der Waals surface area contributed by atoms with E-state index in [0.717, 1.165) is 12.0 Å². The Morgan fingerprint density at radius 1 is 1.05 bits per heavy atom. The second kappa shape index (κ2) is 13.0. The van der Waals surface area contributed by atoms with Gasteiger partial charge in [-0.1, -0.05) is 66.2 Å². The minimum Gasteiger partial charge on any atom is -0.370 e. The maximum Gasteiger partial charge on any atom is 0.245 e. The summed E-state index contributed by atoms with van der Waals surface area (Å²) < 4.78 is 0. The van der Waals surface area contributed by atoms with Crippen LogP contribution in [0.1, 0.15) is 30.9 Å². The van der Waals surface area contributed by atoms with E-state index in [1.165, 1.54) is 16.3 Å². The molecule has 4 rings (SSSR count). The summed E-state index contributed by atoms with van der Waals surface area (Å²) in [5.41, 5.74) is 19.4. The number of halogens is 1. The normalized spacial score (nSPS) is 18.3. The summed E-state index contributed by atoms with van der Waals surface area (Å²) >= 11 is 5.99.